The van der Waals surface area contributed by atoms with Crippen LogP contribution in [0, 0.1) is 0 Å². The maximum absolute atomic E-state index is 5.36. The zero-order valence-electron chi connectivity index (χ0n) is 15.3. The fourth-order valence-electron chi connectivity index (χ4n) is 2.82. The van der Waals surface area contributed by atoms with Crippen LogP contribution in [0.4, 0.5) is 11.8 Å². The summed E-state index contributed by atoms with van der Waals surface area (Å²) in [6, 6.07) is 10.0. The van der Waals surface area contributed by atoms with Gasteiger partial charge in [0.1, 0.15) is 11.6 Å². The van der Waals surface area contributed by atoms with Crippen molar-refractivity contribution in [3.05, 3.63) is 42.1 Å². The van der Waals surface area contributed by atoms with Crippen LogP contribution in [0.5, 0.6) is 5.75 Å². The first-order valence-corrected chi connectivity index (χ1v) is 9.07. The molecule has 140 valence electrons. The molecule has 7 nitrogen and oxygen atoms in total. The Balaban J connectivity index is 1.40. The number of hydrogen-bond acceptors (Lipinski definition) is 7. The molecule has 1 aliphatic heterocycles. The highest BCUT2D eigenvalue weighted by atomic mass is 16.5. The van der Waals surface area contributed by atoms with Crippen molar-refractivity contribution in [2.75, 3.05) is 63.7 Å². The van der Waals surface area contributed by atoms with Gasteiger partial charge in [0, 0.05) is 38.9 Å². The molecule has 1 aliphatic rings. The van der Waals surface area contributed by atoms with Crippen molar-refractivity contribution in [1.82, 2.24) is 14.9 Å². The van der Waals surface area contributed by atoms with Crippen LogP contribution in [-0.4, -0.2) is 67.9 Å². The van der Waals surface area contributed by atoms with Crippen LogP contribution in [-0.2, 0) is 11.2 Å². The van der Waals surface area contributed by atoms with E-state index in [9.17, 15) is 0 Å². The van der Waals surface area contributed by atoms with E-state index in [2.05, 4.69) is 37.6 Å². The second-order valence-electron chi connectivity index (χ2n) is 6.17. The van der Waals surface area contributed by atoms with Crippen LogP contribution in [0.1, 0.15) is 5.56 Å². The van der Waals surface area contributed by atoms with Crippen LogP contribution < -0.4 is 15.4 Å². The molecule has 0 amide bonds. The quantitative estimate of drug-likeness (QED) is 0.710. The Morgan fingerprint density at radius 2 is 1.88 bits per heavy atom. The number of methoxy groups -OCH3 is 1. The van der Waals surface area contributed by atoms with Crippen LogP contribution in [0.15, 0.2) is 36.5 Å². The van der Waals surface area contributed by atoms with Crippen molar-refractivity contribution in [3.63, 3.8) is 0 Å². The molecule has 0 radical (unpaired) electrons. The van der Waals surface area contributed by atoms with Gasteiger partial charge in [-0.2, -0.15) is 4.98 Å². The summed E-state index contributed by atoms with van der Waals surface area (Å²) in [6.07, 6.45) is 2.70. The highest BCUT2D eigenvalue weighted by molar-refractivity contribution is 5.39. The van der Waals surface area contributed by atoms with Crippen LogP contribution in [0.25, 0.3) is 0 Å². The summed E-state index contributed by atoms with van der Waals surface area (Å²) < 4.78 is 10.5. The molecule has 3 rings (SSSR count). The van der Waals surface area contributed by atoms with Crippen molar-refractivity contribution in [1.29, 1.82) is 0 Å². The van der Waals surface area contributed by atoms with Gasteiger partial charge in [-0.05, 0) is 30.2 Å². The molecule has 1 saturated heterocycles. The summed E-state index contributed by atoms with van der Waals surface area (Å²) in [5, 5.41) is 6.65. The first kappa shape index (κ1) is 18.4. The molecular weight excluding hydrogens is 330 g/mol. The second-order valence-corrected chi connectivity index (χ2v) is 6.17. The Morgan fingerprint density at radius 1 is 1.08 bits per heavy atom. The monoisotopic (exact) mass is 357 g/mol. The van der Waals surface area contributed by atoms with Gasteiger partial charge >= 0.3 is 0 Å². The van der Waals surface area contributed by atoms with Gasteiger partial charge in [0.05, 0.1) is 20.3 Å². The lowest BCUT2D eigenvalue weighted by molar-refractivity contribution is 0.0398. The minimum absolute atomic E-state index is 0.660. The topological polar surface area (TPSA) is 71.5 Å². The summed E-state index contributed by atoms with van der Waals surface area (Å²) >= 11 is 0. The van der Waals surface area contributed by atoms with Gasteiger partial charge in [-0.1, -0.05) is 12.1 Å². The normalized spacial score (nSPS) is 14.8. The van der Waals surface area contributed by atoms with E-state index < -0.39 is 0 Å². The third kappa shape index (κ3) is 5.86. The van der Waals surface area contributed by atoms with Gasteiger partial charge in [0.15, 0.2) is 0 Å². The van der Waals surface area contributed by atoms with Crippen molar-refractivity contribution < 1.29 is 9.47 Å². The number of benzene rings is 1. The lowest BCUT2D eigenvalue weighted by atomic mass is 10.1. The van der Waals surface area contributed by atoms with E-state index in [-0.39, 0.29) is 0 Å². The molecule has 1 aromatic carbocycles. The van der Waals surface area contributed by atoms with Crippen LogP contribution in [0.3, 0.4) is 0 Å². The van der Waals surface area contributed by atoms with Crippen molar-refractivity contribution in [2.45, 2.75) is 6.42 Å². The molecule has 2 heterocycles. The molecule has 0 aliphatic carbocycles. The van der Waals surface area contributed by atoms with Crippen molar-refractivity contribution in [3.8, 4) is 5.75 Å². The minimum atomic E-state index is 0.660. The Hall–Kier alpha value is -2.38. The second kappa shape index (κ2) is 9.94. The van der Waals surface area contributed by atoms with Crippen LogP contribution in [0.2, 0.25) is 0 Å². The van der Waals surface area contributed by atoms with E-state index in [1.807, 2.05) is 18.2 Å². The Labute approximate surface area is 154 Å². The molecule has 0 unspecified atom stereocenters. The summed E-state index contributed by atoms with van der Waals surface area (Å²) in [7, 11) is 1.68. The molecular formula is C19H27N5O2. The zero-order chi connectivity index (χ0) is 18.0. The first-order chi connectivity index (χ1) is 12.8. The van der Waals surface area contributed by atoms with E-state index in [1.54, 1.807) is 13.3 Å². The van der Waals surface area contributed by atoms with Gasteiger partial charge in [0.2, 0.25) is 5.95 Å². The van der Waals surface area contributed by atoms with E-state index in [4.69, 9.17) is 9.47 Å². The lowest BCUT2D eigenvalue weighted by Crippen LogP contribution is -2.39. The molecule has 2 aromatic rings. The number of nitrogens with one attached hydrogen (secondary N) is 2. The average molecular weight is 357 g/mol. The first-order valence-electron chi connectivity index (χ1n) is 9.07. The molecule has 7 heteroatoms. The standard InChI is InChI=1S/C19H27N5O2/c1-25-17-4-2-16(3-5-17)6-8-20-18-7-9-21-19(23-18)22-10-11-24-12-14-26-15-13-24/h2-5,7,9H,6,8,10-15H2,1H3,(H2,20,21,22,23). The third-order valence-electron chi connectivity index (χ3n) is 4.35. The number of anilines is 2. The van der Waals surface area contributed by atoms with E-state index >= 15 is 0 Å². The highest BCUT2D eigenvalue weighted by Gasteiger charge is 2.09. The average Bonchev–Trinajstić information content (AvgIpc) is 2.70. The van der Waals surface area contributed by atoms with E-state index in [0.29, 0.717) is 5.95 Å². The molecule has 0 spiro atoms. The largest absolute Gasteiger partial charge is 0.497 e. The van der Waals surface area contributed by atoms with Gasteiger partial charge in [-0.3, -0.25) is 4.90 Å². The summed E-state index contributed by atoms with van der Waals surface area (Å²) in [5.74, 6) is 2.38. The Bertz CT molecular complexity index is 659. The SMILES string of the molecule is COc1ccc(CCNc2ccnc(NCCN3CCOCC3)n2)cc1. The predicted molar refractivity (Wildman–Crippen MR) is 103 cm³/mol. The van der Waals surface area contributed by atoms with Gasteiger partial charge < -0.3 is 20.1 Å². The summed E-state index contributed by atoms with van der Waals surface area (Å²) in [6.45, 7) is 6.26. The fourth-order valence-corrected chi connectivity index (χ4v) is 2.82. The molecule has 0 atom stereocenters. The smallest absolute Gasteiger partial charge is 0.224 e. The molecule has 1 aromatic heterocycles. The number of hydrogen-bond donors (Lipinski definition) is 2. The number of morpholine rings is 1. The van der Waals surface area contributed by atoms with Crippen LogP contribution >= 0.6 is 0 Å². The minimum Gasteiger partial charge on any atom is -0.497 e. The van der Waals surface area contributed by atoms with E-state index in [0.717, 1.165) is 63.9 Å². The lowest BCUT2D eigenvalue weighted by Gasteiger charge is -2.26. The Morgan fingerprint density at radius 3 is 2.65 bits per heavy atom. The Kier molecular flexibility index (Phi) is 7.04. The maximum atomic E-state index is 5.36. The molecule has 2 N–H and O–H groups in total. The zero-order valence-corrected chi connectivity index (χ0v) is 15.3. The molecule has 1 fully saturated rings. The van der Waals surface area contributed by atoms with Crippen molar-refractivity contribution in [2.24, 2.45) is 0 Å². The number of nitrogens with zero attached hydrogens (tertiary/aromatic N) is 3. The maximum Gasteiger partial charge on any atom is 0.224 e. The third-order valence-corrected chi connectivity index (χ3v) is 4.35. The number of ether oxygens (including phenoxy) is 2. The van der Waals surface area contributed by atoms with Gasteiger partial charge in [-0.25, -0.2) is 4.98 Å². The molecule has 0 saturated carbocycles. The van der Waals surface area contributed by atoms with Gasteiger partial charge in [0.25, 0.3) is 0 Å². The fraction of sp³-hybridized carbons (Fsp3) is 0.474. The number of aromatic nitrogens is 2. The predicted octanol–water partition coefficient (Wildman–Crippen LogP) is 1.88. The number of rotatable bonds is 9. The summed E-state index contributed by atoms with van der Waals surface area (Å²) in [4.78, 5) is 11.2. The van der Waals surface area contributed by atoms with Gasteiger partial charge in [-0.15, -0.1) is 0 Å². The molecule has 26 heavy (non-hydrogen) atoms. The molecule has 0 bridgehead atoms. The highest BCUT2D eigenvalue weighted by Crippen LogP contribution is 2.12. The van der Waals surface area contributed by atoms with Crippen molar-refractivity contribution >= 4 is 11.8 Å². The summed E-state index contributed by atoms with van der Waals surface area (Å²) in [5.41, 5.74) is 1.26. The van der Waals surface area contributed by atoms with E-state index in [1.165, 1.54) is 5.56 Å².